The van der Waals surface area contributed by atoms with E-state index in [1.807, 2.05) is 6.92 Å². The van der Waals surface area contributed by atoms with Gasteiger partial charge in [-0.3, -0.25) is 4.79 Å². The molecule has 1 saturated carbocycles. The van der Waals surface area contributed by atoms with Crippen molar-refractivity contribution in [2.45, 2.75) is 45.4 Å². The first-order valence-corrected chi connectivity index (χ1v) is 5.45. The molecule has 1 unspecified atom stereocenters. The molecule has 14 heavy (non-hydrogen) atoms. The van der Waals surface area contributed by atoms with Gasteiger partial charge < -0.3 is 5.53 Å². The Morgan fingerprint density at radius 2 is 2.14 bits per heavy atom. The molecule has 0 aromatic rings. The minimum absolute atomic E-state index is 0.00833. The summed E-state index contributed by atoms with van der Waals surface area (Å²) in [7, 11) is 0. The summed E-state index contributed by atoms with van der Waals surface area (Å²) in [6, 6.07) is 0. The summed E-state index contributed by atoms with van der Waals surface area (Å²) >= 11 is 0. The first-order chi connectivity index (χ1) is 6.74. The molecular weight excluding hydrogens is 176 g/mol. The van der Waals surface area contributed by atoms with Crippen molar-refractivity contribution in [3.05, 3.63) is 5.53 Å². The zero-order chi connectivity index (χ0) is 10.4. The summed E-state index contributed by atoms with van der Waals surface area (Å²) in [5.41, 5.74) is 8.24. The number of ketones is 1. The SMILES string of the molecule is CC(CC1CCCCC1)C(=O)C=[N+]=[N-]. The van der Waals surface area contributed by atoms with E-state index in [9.17, 15) is 4.79 Å². The van der Waals surface area contributed by atoms with E-state index < -0.39 is 0 Å². The van der Waals surface area contributed by atoms with Crippen LogP contribution in [0.5, 0.6) is 0 Å². The molecule has 0 spiro atoms. The Morgan fingerprint density at radius 3 is 2.71 bits per heavy atom. The molecule has 1 aliphatic carbocycles. The van der Waals surface area contributed by atoms with Gasteiger partial charge in [-0.25, -0.2) is 0 Å². The number of carbonyl (C=O) groups excluding carboxylic acids is 1. The molecule has 0 aromatic carbocycles. The highest BCUT2D eigenvalue weighted by Gasteiger charge is 2.21. The molecule has 78 valence electrons. The van der Waals surface area contributed by atoms with Crippen molar-refractivity contribution in [1.29, 1.82) is 0 Å². The van der Waals surface area contributed by atoms with Gasteiger partial charge in [-0.05, 0) is 12.3 Å². The topological polar surface area (TPSA) is 53.5 Å². The Balaban J connectivity index is 2.34. The van der Waals surface area contributed by atoms with Gasteiger partial charge >= 0.3 is 6.21 Å². The normalized spacial score (nSPS) is 19.8. The van der Waals surface area contributed by atoms with Crippen molar-refractivity contribution in [3.8, 4) is 0 Å². The Hall–Kier alpha value is -0.950. The van der Waals surface area contributed by atoms with Crippen molar-refractivity contribution in [3.63, 3.8) is 0 Å². The van der Waals surface area contributed by atoms with E-state index in [-0.39, 0.29) is 11.7 Å². The smallest absolute Gasteiger partial charge is 0.323 e. The highest BCUT2D eigenvalue weighted by molar-refractivity contribution is 6.26. The van der Waals surface area contributed by atoms with E-state index in [1.165, 1.54) is 32.1 Å². The van der Waals surface area contributed by atoms with Gasteiger partial charge in [0.15, 0.2) is 0 Å². The molecule has 3 nitrogen and oxygen atoms in total. The Bertz CT molecular complexity index is 238. The van der Waals surface area contributed by atoms with Gasteiger partial charge in [0.25, 0.3) is 0 Å². The fourth-order valence-corrected chi connectivity index (χ4v) is 2.22. The molecule has 0 saturated heterocycles. The lowest BCUT2D eigenvalue weighted by Crippen LogP contribution is -2.18. The largest absolute Gasteiger partial charge is 0.361 e. The van der Waals surface area contributed by atoms with Crippen LogP contribution in [0.1, 0.15) is 45.4 Å². The minimum Gasteiger partial charge on any atom is -0.361 e. The molecular formula is C11H18N2O. The highest BCUT2D eigenvalue weighted by Crippen LogP contribution is 2.28. The number of hydrogen-bond acceptors (Lipinski definition) is 1. The van der Waals surface area contributed by atoms with E-state index in [4.69, 9.17) is 5.53 Å². The van der Waals surface area contributed by atoms with Crippen LogP contribution >= 0.6 is 0 Å². The van der Waals surface area contributed by atoms with Crippen LogP contribution in [0.4, 0.5) is 0 Å². The third kappa shape index (κ3) is 3.43. The zero-order valence-electron chi connectivity index (χ0n) is 8.78. The Labute approximate surface area is 85.1 Å². The van der Waals surface area contributed by atoms with Crippen LogP contribution in [0.15, 0.2) is 0 Å². The van der Waals surface area contributed by atoms with Crippen molar-refractivity contribution < 1.29 is 9.58 Å². The maximum absolute atomic E-state index is 11.3. The van der Waals surface area contributed by atoms with Crippen LogP contribution in [0.3, 0.4) is 0 Å². The second-order valence-corrected chi connectivity index (χ2v) is 4.29. The fourth-order valence-electron chi connectivity index (χ4n) is 2.22. The van der Waals surface area contributed by atoms with Gasteiger partial charge in [0.1, 0.15) is 0 Å². The predicted molar refractivity (Wildman–Crippen MR) is 55.0 cm³/mol. The molecule has 1 fully saturated rings. The van der Waals surface area contributed by atoms with E-state index in [0.717, 1.165) is 12.6 Å². The molecule has 1 rings (SSSR count). The maximum atomic E-state index is 11.3. The second kappa shape index (κ2) is 5.71. The summed E-state index contributed by atoms with van der Waals surface area (Å²) < 4.78 is 0. The van der Waals surface area contributed by atoms with E-state index in [1.54, 1.807) is 0 Å². The van der Waals surface area contributed by atoms with Crippen molar-refractivity contribution in [2.24, 2.45) is 11.8 Å². The predicted octanol–water partition coefficient (Wildman–Crippen LogP) is 2.46. The number of Topliss-reactive ketones (excluding diaryl/α,β-unsaturated/α-hetero) is 1. The van der Waals surface area contributed by atoms with Crippen molar-refractivity contribution in [1.82, 2.24) is 0 Å². The quantitative estimate of drug-likeness (QED) is 0.385. The van der Waals surface area contributed by atoms with Gasteiger partial charge in [0.05, 0.1) is 0 Å². The Morgan fingerprint density at radius 1 is 1.50 bits per heavy atom. The van der Waals surface area contributed by atoms with E-state index in [0.29, 0.717) is 5.92 Å². The molecule has 1 atom stereocenters. The van der Waals surface area contributed by atoms with Gasteiger partial charge in [-0.2, -0.15) is 4.79 Å². The Kier molecular flexibility index (Phi) is 4.54. The highest BCUT2D eigenvalue weighted by atomic mass is 16.1. The number of nitrogens with zero attached hydrogens (tertiary/aromatic N) is 2. The summed E-state index contributed by atoms with van der Waals surface area (Å²) in [6.45, 7) is 1.92. The van der Waals surface area contributed by atoms with Gasteiger partial charge in [-0.15, -0.1) is 0 Å². The molecule has 0 aromatic heterocycles. The van der Waals surface area contributed by atoms with Crippen LogP contribution in [0, 0.1) is 11.8 Å². The van der Waals surface area contributed by atoms with E-state index in [2.05, 4.69) is 4.79 Å². The molecule has 3 heteroatoms. The van der Waals surface area contributed by atoms with Crippen LogP contribution in [0.25, 0.3) is 5.53 Å². The third-order valence-corrected chi connectivity index (χ3v) is 3.08. The van der Waals surface area contributed by atoms with Crippen molar-refractivity contribution >= 4 is 12.0 Å². The average Bonchev–Trinajstić information content (AvgIpc) is 2.19. The van der Waals surface area contributed by atoms with Crippen molar-refractivity contribution in [2.75, 3.05) is 0 Å². The second-order valence-electron chi connectivity index (χ2n) is 4.29. The van der Waals surface area contributed by atoms with Gasteiger partial charge in [0, 0.05) is 5.92 Å². The number of hydrogen-bond donors (Lipinski definition) is 0. The van der Waals surface area contributed by atoms with Gasteiger partial charge in [0.2, 0.25) is 5.78 Å². The molecule has 0 bridgehead atoms. The standard InChI is InChI=1S/C11H18N2O/c1-9(11(14)8-13-12)7-10-5-3-2-4-6-10/h8-10H,2-7H2,1H3. The summed E-state index contributed by atoms with van der Waals surface area (Å²) in [5, 5.41) is 0. The van der Waals surface area contributed by atoms with Crippen LogP contribution in [-0.4, -0.2) is 16.8 Å². The lowest BCUT2D eigenvalue weighted by atomic mass is 9.82. The fraction of sp³-hybridized carbons (Fsp3) is 0.818. The molecule has 0 N–H and O–H groups in total. The number of rotatable bonds is 4. The number of carbonyl (C=O) groups is 1. The molecule has 0 aliphatic heterocycles. The molecule has 0 amide bonds. The van der Waals surface area contributed by atoms with E-state index >= 15 is 0 Å². The average molecular weight is 194 g/mol. The zero-order valence-corrected chi connectivity index (χ0v) is 8.78. The first kappa shape index (κ1) is 11.1. The summed E-state index contributed by atoms with van der Waals surface area (Å²) in [6.07, 6.45) is 8.44. The molecule has 0 radical (unpaired) electrons. The molecule has 0 heterocycles. The summed E-state index contributed by atoms with van der Waals surface area (Å²) in [5.74, 6) is 0.655. The maximum Gasteiger partial charge on any atom is 0.323 e. The van der Waals surface area contributed by atoms with Crippen LogP contribution in [0.2, 0.25) is 0 Å². The minimum atomic E-state index is -0.0573. The summed E-state index contributed by atoms with van der Waals surface area (Å²) in [4.78, 5) is 14.1. The van der Waals surface area contributed by atoms with Crippen LogP contribution in [-0.2, 0) is 4.79 Å². The van der Waals surface area contributed by atoms with Crippen LogP contribution < -0.4 is 0 Å². The lowest BCUT2D eigenvalue weighted by Gasteiger charge is -2.22. The molecule has 1 aliphatic rings. The van der Waals surface area contributed by atoms with Gasteiger partial charge in [-0.1, -0.05) is 39.0 Å². The first-order valence-electron chi connectivity index (χ1n) is 5.45. The third-order valence-electron chi connectivity index (χ3n) is 3.08. The monoisotopic (exact) mass is 194 g/mol. The lowest BCUT2D eigenvalue weighted by molar-refractivity contribution is -0.119.